The third-order valence-corrected chi connectivity index (χ3v) is 5.21. The highest BCUT2D eigenvalue weighted by molar-refractivity contribution is 7.99. The van der Waals surface area contributed by atoms with E-state index in [2.05, 4.69) is 9.97 Å². The first-order chi connectivity index (χ1) is 13.2. The minimum Gasteiger partial charge on any atom is -0.497 e. The van der Waals surface area contributed by atoms with Gasteiger partial charge in [-0.25, -0.2) is 9.97 Å². The molecule has 0 unspecified atom stereocenters. The SMILES string of the molecule is COc1ccc2nc(Sc3ncc(C(F)(F)F)cc3Cl)n(CCC(=O)O)c2c1. The van der Waals surface area contributed by atoms with Gasteiger partial charge in [-0.15, -0.1) is 0 Å². The Morgan fingerprint density at radius 2 is 2.11 bits per heavy atom. The summed E-state index contributed by atoms with van der Waals surface area (Å²) in [6, 6.07) is 5.91. The number of alkyl halides is 3. The van der Waals surface area contributed by atoms with Crippen LogP contribution in [0.1, 0.15) is 12.0 Å². The highest BCUT2D eigenvalue weighted by Gasteiger charge is 2.31. The second kappa shape index (κ2) is 7.88. The summed E-state index contributed by atoms with van der Waals surface area (Å²) in [7, 11) is 1.50. The molecule has 0 aliphatic carbocycles. The summed E-state index contributed by atoms with van der Waals surface area (Å²) in [4.78, 5) is 19.2. The van der Waals surface area contributed by atoms with Gasteiger partial charge in [0, 0.05) is 18.8 Å². The van der Waals surface area contributed by atoms with Crippen LogP contribution >= 0.6 is 23.4 Å². The largest absolute Gasteiger partial charge is 0.497 e. The molecule has 1 N–H and O–H groups in total. The lowest BCUT2D eigenvalue weighted by Gasteiger charge is -2.10. The molecule has 148 valence electrons. The standard InChI is InChI=1S/C17H13ClF3N3O3S/c1-27-10-2-3-12-13(7-10)24(5-4-14(25)26)16(23-12)28-15-11(18)6-9(8-22-15)17(19,20)21/h2-3,6-8H,4-5H2,1H3,(H,25,26). The van der Waals surface area contributed by atoms with Crippen molar-refractivity contribution in [2.24, 2.45) is 0 Å². The van der Waals surface area contributed by atoms with E-state index in [1.54, 1.807) is 22.8 Å². The molecule has 6 nitrogen and oxygen atoms in total. The van der Waals surface area contributed by atoms with Gasteiger partial charge in [-0.2, -0.15) is 13.2 Å². The van der Waals surface area contributed by atoms with Crippen molar-refractivity contribution in [3.63, 3.8) is 0 Å². The van der Waals surface area contributed by atoms with Crippen molar-refractivity contribution in [3.8, 4) is 5.75 Å². The van der Waals surface area contributed by atoms with E-state index in [0.717, 1.165) is 17.8 Å². The molecule has 3 rings (SSSR count). The quantitative estimate of drug-likeness (QED) is 0.607. The van der Waals surface area contributed by atoms with Crippen molar-refractivity contribution in [2.75, 3.05) is 7.11 Å². The van der Waals surface area contributed by atoms with E-state index in [1.807, 2.05) is 0 Å². The third kappa shape index (κ3) is 4.33. The molecular weight excluding hydrogens is 419 g/mol. The summed E-state index contributed by atoms with van der Waals surface area (Å²) in [5.41, 5.74) is 0.258. The highest BCUT2D eigenvalue weighted by atomic mass is 35.5. The van der Waals surface area contributed by atoms with Gasteiger partial charge in [0.15, 0.2) is 5.16 Å². The Morgan fingerprint density at radius 1 is 1.36 bits per heavy atom. The number of fused-ring (bicyclic) bond motifs is 1. The Kier molecular flexibility index (Phi) is 5.71. The van der Waals surface area contributed by atoms with Gasteiger partial charge in [0.1, 0.15) is 10.8 Å². The van der Waals surface area contributed by atoms with Crippen LogP contribution in [0.25, 0.3) is 11.0 Å². The van der Waals surface area contributed by atoms with E-state index < -0.39 is 17.7 Å². The highest BCUT2D eigenvalue weighted by Crippen LogP contribution is 2.37. The Balaban J connectivity index is 2.02. The molecule has 0 aliphatic heterocycles. The number of imidazole rings is 1. The minimum absolute atomic E-state index is 0.111. The number of aryl methyl sites for hydroxylation is 1. The molecule has 0 spiro atoms. The first kappa shape index (κ1) is 20.3. The van der Waals surface area contributed by atoms with Gasteiger partial charge >= 0.3 is 12.1 Å². The number of pyridine rings is 1. The van der Waals surface area contributed by atoms with Crippen LogP contribution in [0.2, 0.25) is 5.02 Å². The lowest BCUT2D eigenvalue weighted by molar-refractivity contribution is -0.138. The van der Waals surface area contributed by atoms with Crippen LogP contribution in [0.5, 0.6) is 5.75 Å². The van der Waals surface area contributed by atoms with Crippen molar-refractivity contribution in [1.82, 2.24) is 14.5 Å². The first-order valence-electron chi connectivity index (χ1n) is 7.85. The molecule has 0 fully saturated rings. The molecule has 0 saturated heterocycles. The van der Waals surface area contributed by atoms with E-state index in [-0.39, 0.29) is 23.0 Å². The maximum atomic E-state index is 12.8. The van der Waals surface area contributed by atoms with Crippen LogP contribution in [0.3, 0.4) is 0 Å². The topological polar surface area (TPSA) is 77.2 Å². The van der Waals surface area contributed by atoms with Crippen LogP contribution in [-0.2, 0) is 17.5 Å². The van der Waals surface area contributed by atoms with Gasteiger partial charge < -0.3 is 14.4 Å². The molecule has 2 heterocycles. The van der Waals surface area contributed by atoms with Gasteiger partial charge in [0.05, 0.1) is 35.2 Å². The summed E-state index contributed by atoms with van der Waals surface area (Å²) >= 11 is 6.94. The lowest BCUT2D eigenvalue weighted by atomic mass is 10.3. The van der Waals surface area contributed by atoms with Crippen molar-refractivity contribution >= 4 is 40.4 Å². The number of carbonyl (C=O) groups is 1. The summed E-state index contributed by atoms with van der Waals surface area (Å²) in [6.07, 6.45) is -4.02. The Labute approximate surface area is 166 Å². The predicted molar refractivity (Wildman–Crippen MR) is 96.9 cm³/mol. The lowest BCUT2D eigenvalue weighted by Crippen LogP contribution is -2.07. The zero-order chi connectivity index (χ0) is 20.5. The van der Waals surface area contributed by atoms with Crippen LogP contribution in [0, 0.1) is 0 Å². The number of carboxylic acids is 1. The zero-order valence-corrected chi connectivity index (χ0v) is 15.9. The number of ether oxygens (including phenoxy) is 1. The number of hydrogen-bond donors (Lipinski definition) is 1. The average molecular weight is 432 g/mol. The van der Waals surface area contributed by atoms with Crippen molar-refractivity contribution in [1.29, 1.82) is 0 Å². The van der Waals surface area contributed by atoms with E-state index in [4.69, 9.17) is 21.4 Å². The summed E-state index contributed by atoms with van der Waals surface area (Å²) < 4.78 is 45.2. The van der Waals surface area contributed by atoms with Crippen molar-refractivity contribution in [2.45, 2.75) is 29.3 Å². The molecule has 11 heteroatoms. The summed E-state index contributed by atoms with van der Waals surface area (Å²) in [6.45, 7) is 0.111. The van der Waals surface area contributed by atoms with E-state index in [0.29, 0.717) is 28.1 Å². The fourth-order valence-corrected chi connectivity index (χ4v) is 3.61. The Bertz CT molecular complexity index is 1040. The van der Waals surface area contributed by atoms with Crippen LogP contribution in [-0.4, -0.2) is 32.7 Å². The molecule has 0 saturated carbocycles. The van der Waals surface area contributed by atoms with Gasteiger partial charge in [-0.05, 0) is 30.0 Å². The van der Waals surface area contributed by atoms with E-state index in [1.165, 1.54) is 7.11 Å². The number of halogens is 4. The normalized spacial score (nSPS) is 11.8. The number of nitrogens with zero attached hydrogens (tertiary/aromatic N) is 3. The molecule has 2 aromatic heterocycles. The molecular formula is C17H13ClF3N3O3S. The van der Waals surface area contributed by atoms with Gasteiger partial charge in [-0.1, -0.05) is 11.6 Å². The smallest absolute Gasteiger partial charge is 0.417 e. The van der Waals surface area contributed by atoms with Crippen LogP contribution < -0.4 is 4.74 Å². The number of hydrogen-bond acceptors (Lipinski definition) is 5. The number of methoxy groups -OCH3 is 1. The number of benzene rings is 1. The van der Waals surface area contributed by atoms with Crippen molar-refractivity contribution < 1.29 is 27.8 Å². The van der Waals surface area contributed by atoms with Gasteiger partial charge in [0.25, 0.3) is 0 Å². The fourth-order valence-electron chi connectivity index (χ4n) is 2.45. The maximum Gasteiger partial charge on any atom is 0.417 e. The number of rotatable bonds is 6. The molecule has 3 aromatic rings. The number of carboxylic acid groups (broad SMARTS) is 1. The molecule has 0 amide bonds. The zero-order valence-electron chi connectivity index (χ0n) is 14.3. The summed E-state index contributed by atoms with van der Waals surface area (Å²) in [5.74, 6) is -0.433. The Hall–Kier alpha value is -2.46. The molecule has 0 atom stereocenters. The van der Waals surface area contributed by atoms with Crippen LogP contribution in [0.4, 0.5) is 13.2 Å². The predicted octanol–water partition coefficient (Wildman–Crippen LogP) is 4.74. The second-order valence-corrected chi connectivity index (χ2v) is 7.02. The monoisotopic (exact) mass is 431 g/mol. The Morgan fingerprint density at radius 3 is 2.71 bits per heavy atom. The van der Waals surface area contributed by atoms with Gasteiger partial charge in [0.2, 0.25) is 0 Å². The molecule has 1 aromatic carbocycles. The minimum atomic E-state index is -4.55. The van der Waals surface area contributed by atoms with Crippen LogP contribution in [0.15, 0.2) is 40.6 Å². The molecule has 0 bridgehead atoms. The average Bonchev–Trinajstić information content (AvgIpc) is 2.96. The molecule has 28 heavy (non-hydrogen) atoms. The third-order valence-electron chi connectivity index (χ3n) is 3.79. The van der Waals surface area contributed by atoms with E-state index in [9.17, 15) is 18.0 Å². The molecule has 0 radical (unpaired) electrons. The maximum absolute atomic E-state index is 12.8. The van der Waals surface area contributed by atoms with Crippen molar-refractivity contribution in [3.05, 3.63) is 41.0 Å². The van der Waals surface area contributed by atoms with Gasteiger partial charge in [-0.3, -0.25) is 4.79 Å². The second-order valence-electron chi connectivity index (χ2n) is 5.66. The first-order valence-corrected chi connectivity index (χ1v) is 9.05. The van der Waals surface area contributed by atoms with E-state index >= 15 is 0 Å². The fraction of sp³-hybridized carbons (Fsp3) is 0.235. The number of aromatic nitrogens is 3. The number of aliphatic carboxylic acids is 1. The molecule has 0 aliphatic rings. The summed E-state index contributed by atoms with van der Waals surface area (Å²) in [5, 5.41) is 9.33.